The number of hydrogen-bond donors (Lipinski definition) is 0. The third-order valence-electron chi connectivity index (χ3n) is 3.86. The van der Waals surface area contributed by atoms with Crippen molar-refractivity contribution in [2.45, 2.75) is 38.9 Å². The van der Waals surface area contributed by atoms with Crippen LogP contribution < -0.4 is 10.2 Å². The van der Waals surface area contributed by atoms with Crippen molar-refractivity contribution in [3.8, 4) is 5.75 Å². The van der Waals surface area contributed by atoms with Crippen LogP contribution in [0, 0.1) is 17.5 Å². The highest BCUT2D eigenvalue weighted by Crippen LogP contribution is 2.37. The molecule has 7 heteroatoms. The smallest absolute Gasteiger partial charge is 0.491 e. The van der Waals surface area contributed by atoms with Crippen molar-refractivity contribution in [1.29, 1.82) is 0 Å². The van der Waals surface area contributed by atoms with Crippen LogP contribution in [0.5, 0.6) is 5.75 Å². The van der Waals surface area contributed by atoms with E-state index in [9.17, 15) is 13.2 Å². The first kappa shape index (κ1) is 15.2. The number of halogens is 3. The third-order valence-corrected chi connectivity index (χ3v) is 3.86. The first-order valence-electron chi connectivity index (χ1n) is 6.17. The van der Waals surface area contributed by atoms with E-state index in [0.717, 1.165) is 13.2 Å². The van der Waals surface area contributed by atoms with Crippen LogP contribution in [0.1, 0.15) is 27.7 Å². The molecule has 0 N–H and O–H groups in total. The number of methoxy groups -OCH3 is 1. The summed E-state index contributed by atoms with van der Waals surface area (Å²) in [7, 11) is -0.0569. The number of rotatable bonds is 2. The minimum Gasteiger partial charge on any atom is -0.491 e. The Hall–Kier alpha value is -1.21. The highest BCUT2D eigenvalue weighted by atomic mass is 19.2. The summed E-state index contributed by atoms with van der Waals surface area (Å²) in [6, 6.07) is 0.731. The van der Waals surface area contributed by atoms with Crippen LogP contribution >= 0.6 is 0 Å². The zero-order valence-electron chi connectivity index (χ0n) is 12.0. The fourth-order valence-corrected chi connectivity index (χ4v) is 1.92. The quantitative estimate of drug-likeness (QED) is 0.618. The van der Waals surface area contributed by atoms with Crippen molar-refractivity contribution in [2.75, 3.05) is 7.11 Å². The van der Waals surface area contributed by atoms with E-state index in [4.69, 9.17) is 9.31 Å². The lowest BCUT2D eigenvalue weighted by molar-refractivity contribution is 0.00578. The molecular weight excluding hydrogens is 272 g/mol. The van der Waals surface area contributed by atoms with Crippen molar-refractivity contribution in [3.63, 3.8) is 0 Å². The molecule has 0 amide bonds. The van der Waals surface area contributed by atoms with Crippen LogP contribution in [0.3, 0.4) is 0 Å². The van der Waals surface area contributed by atoms with E-state index in [1.165, 1.54) is 0 Å². The van der Waals surface area contributed by atoms with E-state index in [0.29, 0.717) is 0 Å². The van der Waals surface area contributed by atoms with Gasteiger partial charge in [-0.15, -0.1) is 0 Å². The predicted octanol–water partition coefficient (Wildman–Crippen LogP) is 2.41. The van der Waals surface area contributed by atoms with Gasteiger partial charge in [-0.1, -0.05) is 0 Å². The number of benzene rings is 1. The van der Waals surface area contributed by atoms with Gasteiger partial charge in [0.1, 0.15) is 0 Å². The first-order chi connectivity index (χ1) is 9.10. The monoisotopic (exact) mass is 288 g/mol. The summed E-state index contributed by atoms with van der Waals surface area (Å²) in [5.41, 5.74) is -1.64. The van der Waals surface area contributed by atoms with Gasteiger partial charge in [0.05, 0.1) is 18.3 Å². The second-order valence-corrected chi connectivity index (χ2v) is 5.70. The van der Waals surface area contributed by atoms with Crippen LogP contribution in [-0.4, -0.2) is 25.4 Å². The standard InChI is InChI=1S/C13H16BF3O3/c1-12(2)13(3,4)20-14(19-12)7-6-8(15)10(17)11(18-5)9(7)16/h6H,1-5H3. The lowest BCUT2D eigenvalue weighted by atomic mass is 9.78. The molecule has 2 rings (SSSR count). The molecule has 20 heavy (non-hydrogen) atoms. The summed E-state index contributed by atoms with van der Waals surface area (Å²) in [5, 5.41) is 0. The fourth-order valence-electron chi connectivity index (χ4n) is 1.92. The van der Waals surface area contributed by atoms with Gasteiger partial charge in [-0.05, 0) is 33.8 Å². The molecule has 1 saturated heterocycles. The summed E-state index contributed by atoms with van der Waals surface area (Å²) in [6.07, 6.45) is 0. The summed E-state index contributed by atoms with van der Waals surface area (Å²) in [6.45, 7) is 7.12. The van der Waals surface area contributed by atoms with Gasteiger partial charge in [-0.25, -0.2) is 8.78 Å². The molecule has 3 nitrogen and oxygen atoms in total. The second kappa shape index (κ2) is 4.67. The van der Waals surface area contributed by atoms with E-state index < -0.39 is 41.5 Å². The molecule has 1 aliphatic heterocycles. The average molecular weight is 288 g/mol. The molecule has 0 spiro atoms. The maximum Gasteiger partial charge on any atom is 0.498 e. The van der Waals surface area contributed by atoms with Crippen LogP contribution in [0.4, 0.5) is 13.2 Å². The molecule has 0 radical (unpaired) electrons. The van der Waals surface area contributed by atoms with Gasteiger partial charge in [0.2, 0.25) is 5.82 Å². The molecule has 1 fully saturated rings. The van der Waals surface area contributed by atoms with E-state index in [-0.39, 0.29) is 5.46 Å². The van der Waals surface area contributed by atoms with Crippen molar-refractivity contribution >= 4 is 12.6 Å². The summed E-state index contributed by atoms with van der Waals surface area (Å²) >= 11 is 0. The SMILES string of the molecule is COc1c(F)c(F)cc(B2OC(C)(C)C(C)(C)O2)c1F. The minimum absolute atomic E-state index is 0.223. The first-order valence-corrected chi connectivity index (χ1v) is 6.17. The molecule has 110 valence electrons. The maximum absolute atomic E-state index is 14.2. The summed E-state index contributed by atoms with van der Waals surface area (Å²) < 4.78 is 56.9. The molecule has 1 aromatic carbocycles. The molecule has 1 heterocycles. The zero-order chi connectivity index (χ0) is 15.3. The molecule has 0 unspecified atom stereocenters. The Kier molecular flexibility index (Phi) is 3.54. The van der Waals surface area contributed by atoms with Gasteiger partial charge >= 0.3 is 7.12 Å². The predicted molar refractivity (Wildman–Crippen MR) is 68.6 cm³/mol. The van der Waals surface area contributed by atoms with Gasteiger partial charge in [0, 0.05) is 5.46 Å². The molecule has 0 atom stereocenters. The highest BCUT2D eigenvalue weighted by Gasteiger charge is 2.53. The number of hydrogen-bond acceptors (Lipinski definition) is 3. The second-order valence-electron chi connectivity index (χ2n) is 5.70. The summed E-state index contributed by atoms with van der Waals surface area (Å²) in [5.74, 6) is -4.39. The molecule has 0 aromatic heterocycles. The Morgan fingerprint density at radius 2 is 1.50 bits per heavy atom. The van der Waals surface area contributed by atoms with Crippen LogP contribution in [-0.2, 0) is 9.31 Å². The lowest BCUT2D eigenvalue weighted by Crippen LogP contribution is -2.41. The molecular formula is C13H16BF3O3. The largest absolute Gasteiger partial charge is 0.498 e. The van der Waals surface area contributed by atoms with Crippen molar-refractivity contribution in [2.24, 2.45) is 0 Å². The highest BCUT2D eigenvalue weighted by molar-refractivity contribution is 6.62. The van der Waals surface area contributed by atoms with Gasteiger partial charge in [0.25, 0.3) is 0 Å². The van der Waals surface area contributed by atoms with E-state index in [2.05, 4.69) is 4.74 Å². The van der Waals surface area contributed by atoms with Crippen LogP contribution in [0.25, 0.3) is 0 Å². The van der Waals surface area contributed by atoms with Crippen LogP contribution in [0.2, 0.25) is 0 Å². The molecule has 0 bridgehead atoms. The van der Waals surface area contributed by atoms with Crippen molar-refractivity contribution in [1.82, 2.24) is 0 Å². The van der Waals surface area contributed by atoms with Gasteiger partial charge in [-0.2, -0.15) is 4.39 Å². The lowest BCUT2D eigenvalue weighted by Gasteiger charge is -2.32. The Bertz CT molecular complexity index is 530. The third kappa shape index (κ3) is 2.18. The normalized spacial score (nSPS) is 20.3. The maximum atomic E-state index is 14.2. The van der Waals surface area contributed by atoms with Gasteiger partial charge < -0.3 is 14.0 Å². The van der Waals surface area contributed by atoms with Gasteiger partial charge in [-0.3, -0.25) is 0 Å². The van der Waals surface area contributed by atoms with E-state index in [1.807, 2.05) is 0 Å². The fraction of sp³-hybridized carbons (Fsp3) is 0.538. The Labute approximate surface area is 116 Å². The van der Waals surface area contributed by atoms with Crippen molar-refractivity contribution in [3.05, 3.63) is 23.5 Å². The molecule has 0 saturated carbocycles. The topological polar surface area (TPSA) is 27.7 Å². The Morgan fingerprint density at radius 1 is 1.00 bits per heavy atom. The van der Waals surface area contributed by atoms with Gasteiger partial charge in [0.15, 0.2) is 17.4 Å². The van der Waals surface area contributed by atoms with E-state index in [1.54, 1.807) is 27.7 Å². The van der Waals surface area contributed by atoms with Crippen LogP contribution in [0.15, 0.2) is 6.07 Å². The summed E-state index contributed by atoms with van der Waals surface area (Å²) in [4.78, 5) is 0. The van der Waals surface area contributed by atoms with E-state index >= 15 is 0 Å². The Morgan fingerprint density at radius 3 is 1.95 bits per heavy atom. The number of ether oxygens (including phenoxy) is 1. The molecule has 1 aromatic rings. The average Bonchev–Trinajstić information content (AvgIpc) is 2.54. The minimum atomic E-state index is -1.37. The molecule has 0 aliphatic carbocycles. The zero-order valence-corrected chi connectivity index (χ0v) is 12.0. The van der Waals surface area contributed by atoms with Crippen molar-refractivity contribution < 1.29 is 27.2 Å². The Balaban J connectivity index is 2.48. The molecule has 1 aliphatic rings.